The minimum absolute atomic E-state index is 0.565. The van der Waals surface area contributed by atoms with E-state index in [-0.39, 0.29) is 0 Å². The van der Waals surface area contributed by atoms with Crippen LogP contribution in [0.4, 0.5) is 8.78 Å². The number of aromatic nitrogens is 2. The van der Waals surface area contributed by atoms with Crippen molar-refractivity contribution in [2.24, 2.45) is 0 Å². The summed E-state index contributed by atoms with van der Waals surface area (Å²) in [5.74, 6) is 0. The van der Waals surface area contributed by atoms with Crippen LogP contribution in [-0.2, 0) is 6.42 Å². The largest absolute Gasteiger partial charge is 0.333 e. The topological polar surface area (TPSA) is 17.8 Å². The summed E-state index contributed by atoms with van der Waals surface area (Å²) in [6, 6.07) is 1.59. The smallest absolute Gasteiger partial charge is 0.209 e. The van der Waals surface area contributed by atoms with E-state index in [1.807, 2.05) is 20.8 Å². The fraction of sp³-hybridized carbons (Fsp3) is 0.625. The molecule has 0 aliphatic rings. The minimum Gasteiger partial charge on any atom is -0.209 e. The molecule has 4 heteroatoms. The quantitative estimate of drug-likeness (QED) is 0.677. The molecule has 1 heterocycles. The van der Waals surface area contributed by atoms with Gasteiger partial charge in [-0.2, -0.15) is 13.9 Å². The Balaban J connectivity index is 0.000000561. The second-order valence-corrected chi connectivity index (χ2v) is 1.90. The molecule has 12 heavy (non-hydrogen) atoms. The van der Waals surface area contributed by atoms with Crippen LogP contribution in [-0.4, -0.2) is 9.78 Å². The summed E-state index contributed by atoms with van der Waals surface area (Å²) in [6.07, 6.45) is 1.97. The molecule has 0 spiro atoms. The highest BCUT2D eigenvalue weighted by atomic mass is 19.3. The third-order valence-electron chi connectivity index (χ3n) is 1.30. The van der Waals surface area contributed by atoms with Gasteiger partial charge in [-0.1, -0.05) is 20.8 Å². The molecular weight excluding hydrogens is 162 g/mol. The maximum absolute atomic E-state index is 11.9. The van der Waals surface area contributed by atoms with Crippen LogP contribution in [0, 0.1) is 0 Å². The van der Waals surface area contributed by atoms with Crippen molar-refractivity contribution in [2.75, 3.05) is 0 Å². The zero-order valence-corrected chi connectivity index (χ0v) is 7.59. The first-order valence-corrected chi connectivity index (χ1v) is 4.06. The Hall–Kier alpha value is -0.930. The van der Waals surface area contributed by atoms with Crippen molar-refractivity contribution in [1.29, 1.82) is 0 Å². The van der Waals surface area contributed by atoms with Gasteiger partial charge in [-0.3, -0.25) is 0 Å². The van der Waals surface area contributed by atoms with E-state index in [1.165, 1.54) is 6.20 Å². The van der Waals surface area contributed by atoms with E-state index in [1.54, 1.807) is 6.07 Å². The molecule has 0 fully saturated rings. The average molecular weight is 176 g/mol. The van der Waals surface area contributed by atoms with Crippen molar-refractivity contribution in [1.82, 2.24) is 9.78 Å². The highest BCUT2D eigenvalue weighted by Crippen LogP contribution is 2.11. The number of halogens is 2. The summed E-state index contributed by atoms with van der Waals surface area (Å²) < 4.78 is 24.6. The Morgan fingerprint density at radius 2 is 2.08 bits per heavy atom. The van der Waals surface area contributed by atoms with Crippen LogP contribution in [0.5, 0.6) is 0 Å². The fourth-order valence-electron chi connectivity index (χ4n) is 0.797. The highest BCUT2D eigenvalue weighted by molar-refractivity contribution is 4.99. The van der Waals surface area contributed by atoms with Crippen LogP contribution in [0.3, 0.4) is 0 Å². The van der Waals surface area contributed by atoms with Gasteiger partial charge in [0.1, 0.15) is 0 Å². The zero-order valence-electron chi connectivity index (χ0n) is 7.59. The van der Waals surface area contributed by atoms with E-state index in [0.717, 1.165) is 4.68 Å². The van der Waals surface area contributed by atoms with Crippen molar-refractivity contribution in [3.8, 4) is 0 Å². The molecule has 0 aliphatic carbocycles. The maximum Gasteiger partial charge on any atom is 0.333 e. The molecule has 0 saturated carbocycles. The summed E-state index contributed by atoms with van der Waals surface area (Å²) >= 11 is 0. The van der Waals surface area contributed by atoms with E-state index in [0.29, 0.717) is 12.1 Å². The summed E-state index contributed by atoms with van der Waals surface area (Å²) in [5, 5.41) is 3.45. The monoisotopic (exact) mass is 176 g/mol. The van der Waals surface area contributed by atoms with Crippen molar-refractivity contribution >= 4 is 0 Å². The second-order valence-electron chi connectivity index (χ2n) is 1.90. The van der Waals surface area contributed by atoms with Crippen LogP contribution in [0.2, 0.25) is 0 Å². The zero-order chi connectivity index (χ0) is 9.56. The highest BCUT2D eigenvalue weighted by Gasteiger charge is 2.08. The summed E-state index contributed by atoms with van der Waals surface area (Å²) in [6.45, 7) is 3.31. The number of hydrogen-bond donors (Lipinski definition) is 0. The predicted octanol–water partition coefficient (Wildman–Crippen LogP) is 2.87. The molecule has 0 amide bonds. The molecule has 0 aliphatic heterocycles. The normalized spacial score (nSPS) is 9.50. The molecule has 1 aromatic rings. The maximum atomic E-state index is 11.9. The van der Waals surface area contributed by atoms with E-state index in [4.69, 9.17) is 0 Å². The predicted molar refractivity (Wildman–Crippen MR) is 44.2 cm³/mol. The summed E-state index contributed by atoms with van der Waals surface area (Å²) in [7, 11) is 0. The van der Waals surface area contributed by atoms with Crippen LogP contribution in [0.15, 0.2) is 12.3 Å². The van der Waals surface area contributed by atoms with Gasteiger partial charge in [-0.05, 0) is 12.5 Å². The molecular formula is C8H14F2N2. The standard InChI is InChI=1S/C6H8F2N2.C2H6/c1-2-5-3-4-9-10(5)6(7)8;1-2/h3-4,6H,2H2,1H3;1-2H3. The molecule has 1 rings (SSSR count). The van der Waals surface area contributed by atoms with Crippen molar-refractivity contribution in [3.63, 3.8) is 0 Å². The Morgan fingerprint density at radius 3 is 2.42 bits per heavy atom. The number of aryl methyl sites for hydroxylation is 1. The van der Waals surface area contributed by atoms with Gasteiger partial charge in [-0.25, -0.2) is 4.68 Å². The van der Waals surface area contributed by atoms with Gasteiger partial charge in [0.2, 0.25) is 0 Å². The lowest BCUT2D eigenvalue weighted by molar-refractivity contribution is 0.0536. The van der Waals surface area contributed by atoms with Crippen LogP contribution in [0.1, 0.15) is 33.0 Å². The van der Waals surface area contributed by atoms with Gasteiger partial charge in [0.25, 0.3) is 0 Å². The molecule has 2 nitrogen and oxygen atoms in total. The van der Waals surface area contributed by atoms with Crippen LogP contribution < -0.4 is 0 Å². The SMILES string of the molecule is CC.CCc1ccnn1C(F)F. The first-order valence-electron chi connectivity index (χ1n) is 4.06. The van der Waals surface area contributed by atoms with Gasteiger partial charge >= 0.3 is 6.55 Å². The Morgan fingerprint density at radius 1 is 1.50 bits per heavy atom. The molecule has 0 aromatic carbocycles. The number of rotatable bonds is 2. The van der Waals surface area contributed by atoms with Gasteiger partial charge in [0, 0.05) is 11.9 Å². The van der Waals surface area contributed by atoms with Gasteiger partial charge in [0.15, 0.2) is 0 Å². The number of nitrogens with zero attached hydrogens (tertiary/aromatic N) is 2. The van der Waals surface area contributed by atoms with Gasteiger partial charge in [0.05, 0.1) is 0 Å². The lowest BCUT2D eigenvalue weighted by atomic mass is 10.3. The van der Waals surface area contributed by atoms with E-state index >= 15 is 0 Å². The number of alkyl halides is 2. The van der Waals surface area contributed by atoms with E-state index in [2.05, 4.69) is 5.10 Å². The molecule has 0 radical (unpaired) electrons. The summed E-state index contributed by atoms with van der Waals surface area (Å²) in [4.78, 5) is 0. The van der Waals surface area contributed by atoms with Crippen LogP contribution >= 0.6 is 0 Å². The molecule has 0 atom stereocenters. The fourth-order valence-corrected chi connectivity index (χ4v) is 0.797. The molecule has 0 unspecified atom stereocenters. The molecule has 0 N–H and O–H groups in total. The Bertz CT molecular complexity index is 209. The third kappa shape index (κ3) is 2.60. The first kappa shape index (κ1) is 11.1. The van der Waals surface area contributed by atoms with E-state index in [9.17, 15) is 8.78 Å². The Kier molecular flexibility index (Phi) is 5.25. The molecule has 70 valence electrons. The van der Waals surface area contributed by atoms with Crippen molar-refractivity contribution < 1.29 is 8.78 Å². The second kappa shape index (κ2) is 5.69. The molecule has 1 aromatic heterocycles. The minimum atomic E-state index is -2.51. The Labute approximate surface area is 71.2 Å². The van der Waals surface area contributed by atoms with E-state index < -0.39 is 6.55 Å². The lowest BCUT2D eigenvalue weighted by Gasteiger charge is -2.01. The van der Waals surface area contributed by atoms with Crippen molar-refractivity contribution in [2.45, 2.75) is 33.7 Å². The lowest BCUT2D eigenvalue weighted by Crippen LogP contribution is -2.03. The third-order valence-corrected chi connectivity index (χ3v) is 1.30. The first-order chi connectivity index (χ1) is 5.75. The average Bonchev–Trinajstić information content (AvgIpc) is 2.55. The van der Waals surface area contributed by atoms with Crippen molar-refractivity contribution in [3.05, 3.63) is 18.0 Å². The van der Waals surface area contributed by atoms with Gasteiger partial charge < -0.3 is 0 Å². The molecule has 0 saturated heterocycles. The van der Waals surface area contributed by atoms with Crippen LogP contribution in [0.25, 0.3) is 0 Å². The summed E-state index contributed by atoms with van der Waals surface area (Å²) in [5.41, 5.74) is 0.565. The van der Waals surface area contributed by atoms with Gasteiger partial charge in [-0.15, -0.1) is 0 Å². The number of hydrogen-bond acceptors (Lipinski definition) is 1. The molecule has 0 bridgehead atoms.